The number of phenolic OH excluding ortho intramolecular Hbond substituents is 1. The van der Waals surface area contributed by atoms with Crippen LogP contribution in [0, 0.1) is 11.8 Å². The molecule has 2 heterocycles. The minimum Gasteiger partial charge on any atom is -0.508 e. The summed E-state index contributed by atoms with van der Waals surface area (Å²) in [4.78, 5) is 160. The number of hydrogen-bond donors (Lipinski definition) is 16. The molecule has 12 amide bonds. The number of hydrazine groups is 1. The van der Waals surface area contributed by atoms with E-state index in [1.165, 1.54) is 31.0 Å². The SMILES string of the molecule is CN=C(N)NCCC[C@H](NC(=O)[C@H](CC(C)C)NC(=O)NNC(=O)[C@H](Cc1ccccc1)NC(=O)[C@@H](NC(=O)[C@H](CC(N)=O)NC(=O)[C@@H]1CC2CCCCC2N1C(=O)[C@@H](Cc1ccc(O)cc1)NC(C)=O)[C@@H](C)O)C(=O)N[C@@H](Cc1c[nH]c2ccccc12)C(N)=O. The smallest absolute Gasteiger partial charge is 0.334 e. The van der Waals surface area contributed by atoms with Crippen LogP contribution in [0.15, 0.2) is 90.1 Å². The summed E-state index contributed by atoms with van der Waals surface area (Å²) in [6.07, 6.45) is 2.42. The fourth-order valence-electron chi connectivity index (χ4n) is 11.4. The van der Waals surface area contributed by atoms with E-state index in [4.69, 9.17) is 17.2 Å². The first-order chi connectivity index (χ1) is 43.3. The fraction of sp³-hybridized carbons (Fsp3) is 0.484. The number of para-hydroxylation sites is 1. The van der Waals surface area contributed by atoms with Gasteiger partial charge in [-0.1, -0.05) is 87.4 Å². The first-order valence-electron chi connectivity index (χ1n) is 30.4. The van der Waals surface area contributed by atoms with Gasteiger partial charge in [0.15, 0.2) is 5.96 Å². The predicted octanol–water partition coefficient (Wildman–Crippen LogP) is -1.21. The molecule has 0 spiro atoms. The number of aliphatic hydroxyl groups excluding tert-OH is 1. The summed E-state index contributed by atoms with van der Waals surface area (Å²) in [5.74, 6) is -8.78. The Bertz CT molecular complexity index is 3250. The van der Waals surface area contributed by atoms with Crippen molar-refractivity contribution in [2.45, 2.75) is 165 Å². The van der Waals surface area contributed by atoms with Crippen LogP contribution in [0.5, 0.6) is 5.75 Å². The zero-order valence-corrected chi connectivity index (χ0v) is 51.7. The molecule has 11 atom stereocenters. The molecule has 91 heavy (non-hydrogen) atoms. The minimum absolute atomic E-state index is 0.00563. The molecule has 1 aliphatic carbocycles. The number of aliphatic imine (C=N–C) groups is 1. The highest BCUT2D eigenvalue weighted by Gasteiger charge is 2.50. The Morgan fingerprint density at radius 2 is 1.29 bits per heavy atom. The van der Waals surface area contributed by atoms with Gasteiger partial charge in [-0.3, -0.25) is 58.4 Å². The molecule has 1 aromatic heterocycles. The molecule has 4 aromatic rings. The van der Waals surface area contributed by atoms with E-state index in [2.05, 4.69) is 63.4 Å². The largest absolute Gasteiger partial charge is 0.508 e. The van der Waals surface area contributed by atoms with Gasteiger partial charge in [0.2, 0.25) is 53.2 Å². The van der Waals surface area contributed by atoms with Crippen LogP contribution >= 0.6 is 0 Å². The van der Waals surface area contributed by atoms with Crippen LogP contribution in [0.2, 0.25) is 0 Å². The zero-order valence-electron chi connectivity index (χ0n) is 51.7. The maximum absolute atomic E-state index is 14.6. The second-order valence-electron chi connectivity index (χ2n) is 23.5. The molecular formula is C62H86N16O13. The highest BCUT2D eigenvalue weighted by molar-refractivity contribution is 5.99. The third kappa shape index (κ3) is 20.9. The van der Waals surface area contributed by atoms with Gasteiger partial charge in [0.05, 0.1) is 12.5 Å². The first-order valence-corrected chi connectivity index (χ1v) is 30.4. The number of aromatic nitrogens is 1. The molecule has 2 unspecified atom stereocenters. The number of likely N-dealkylation sites (tertiary alicyclic amines) is 1. The quantitative estimate of drug-likeness (QED) is 0.0126. The Labute approximate surface area is 526 Å². The molecule has 29 nitrogen and oxygen atoms in total. The molecule has 492 valence electrons. The van der Waals surface area contributed by atoms with Crippen LogP contribution in [-0.4, -0.2) is 165 Å². The second kappa shape index (κ2) is 33.7. The average Bonchev–Trinajstić information content (AvgIpc) is 1.66. The number of benzene rings is 3. The summed E-state index contributed by atoms with van der Waals surface area (Å²) < 4.78 is 0. The first kappa shape index (κ1) is 70.3. The number of fused-ring (bicyclic) bond motifs is 2. The van der Waals surface area contributed by atoms with Crippen LogP contribution in [0.3, 0.4) is 0 Å². The number of rotatable bonds is 30. The number of nitrogens with one attached hydrogen (secondary N) is 11. The lowest BCUT2D eigenvalue weighted by Crippen LogP contribution is -2.62. The van der Waals surface area contributed by atoms with Gasteiger partial charge >= 0.3 is 6.03 Å². The number of primary amides is 2. The van der Waals surface area contributed by atoms with Crippen molar-refractivity contribution in [3.8, 4) is 5.75 Å². The molecule has 2 aliphatic rings. The van der Waals surface area contributed by atoms with E-state index in [-0.39, 0.29) is 75.0 Å². The molecule has 0 bridgehead atoms. The normalized spacial score (nSPS) is 18.0. The highest BCUT2D eigenvalue weighted by atomic mass is 16.3. The van der Waals surface area contributed by atoms with Crippen LogP contribution < -0.4 is 70.6 Å². The summed E-state index contributed by atoms with van der Waals surface area (Å²) in [5.41, 5.74) is 24.3. The Morgan fingerprint density at radius 1 is 0.659 bits per heavy atom. The van der Waals surface area contributed by atoms with E-state index in [9.17, 15) is 63.0 Å². The number of hydrogen-bond acceptors (Lipinski definition) is 14. The number of nitrogens with zero attached hydrogens (tertiary/aromatic N) is 2. The lowest BCUT2D eigenvalue weighted by Gasteiger charge is -2.36. The number of carbonyl (C=O) groups is 11. The molecule has 29 heteroatoms. The molecule has 1 saturated carbocycles. The fourth-order valence-corrected chi connectivity index (χ4v) is 11.4. The van der Waals surface area contributed by atoms with Gasteiger partial charge < -0.3 is 79.8 Å². The van der Waals surface area contributed by atoms with Gasteiger partial charge in [0, 0.05) is 62.9 Å². The van der Waals surface area contributed by atoms with Gasteiger partial charge in [-0.25, -0.2) is 10.2 Å². The monoisotopic (exact) mass is 1260 g/mol. The molecule has 3 aromatic carbocycles. The number of nitrogens with two attached hydrogens (primary N) is 3. The van der Waals surface area contributed by atoms with Crippen molar-refractivity contribution in [3.05, 3.63) is 102 Å². The summed E-state index contributed by atoms with van der Waals surface area (Å²) >= 11 is 0. The van der Waals surface area contributed by atoms with E-state index < -0.39 is 132 Å². The maximum Gasteiger partial charge on any atom is 0.334 e. The number of aliphatic hydroxyl groups is 1. The lowest BCUT2D eigenvalue weighted by atomic mass is 9.84. The summed E-state index contributed by atoms with van der Waals surface area (Å²) in [6.45, 7) is 6.21. The Balaban J connectivity index is 1.14. The van der Waals surface area contributed by atoms with Gasteiger partial charge in [-0.15, -0.1) is 0 Å². The molecular weight excluding hydrogens is 1180 g/mol. The van der Waals surface area contributed by atoms with E-state index in [0.29, 0.717) is 29.5 Å². The molecule has 19 N–H and O–H groups in total. The average molecular weight is 1260 g/mol. The van der Waals surface area contributed by atoms with Crippen molar-refractivity contribution in [1.29, 1.82) is 0 Å². The topological polar surface area (TPSA) is 458 Å². The van der Waals surface area contributed by atoms with Crippen molar-refractivity contribution in [2.24, 2.45) is 34.0 Å². The number of aromatic amines is 1. The van der Waals surface area contributed by atoms with Crippen molar-refractivity contribution >= 4 is 82.0 Å². The van der Waals surface area contributed by atoms with E-state index >= 15 is 0 Å². The van der Waals surface area contributed by atoms with Crippen molar-refractivity contribution in [2.75, 3.05) is 13.6 Å². The van der Waals surface area contributed by atoms with Crippen molar-refractivity contribution < 1.29 is 63.0 Å². The van der Waals surface area contributed by atoms with Gasteiger partial charge in [0.25, 0.3) is 5.91 Å². The molecule has 2 fully saturated rings. The van der Waals surface area contributed by atoms with E-state index in [1.807, 2.05) is 24.3 Å². The summed E-state index contributed by atoms with van der Waals surface area (Å²) in [6, 6.07) is 9.05. The number of urea groups is 1. The molecule has 6 rings (SSSR count). The van der Waals surface area contributed by atoms with Crippen LogP contribution in [0.4, 0.5) is 4.79 Å². The van der Waals surface area contributed by atoms with E-state index in [0.717, 1.165) is 30.7 Å². The lowest BCUT2D eigenvalue weighted by molar-refractivity contribution is -0.144. The summed E-state index contributed by atoms with van der Waals surface area (Å²) in [5, 5.41) is 42.6. The Hall–Kier alpha value is -9.80. The van der Waals surface area contributed by atoms with Gasteiger partial charge in [-0.2, -0.15) is 0 Å². The Kier molecular flexibility index (Phi) is 26.0. The molecule has 0 radical (unpaired) electrons. The standard InChI is InChI=1S/C62H86N16O13/c1-33(2)26-45(55(85)70-43(19-13-25-67-61(65)66-5)54(84)71-44(53(64)83)29-39-32-68-42-18-11-10-17-41(39)42)74-62(91)77-76-57(87)46(27-36-14-7-6-8-15-36)73-59(89)52(34(3)79)75-56(86)47(31-51(63)82)72-58(88)50-30-38-16-9-12-20-49(38)78(50)60(90)48(69-35(4)80)28-37-21-23-40(81)24-22-37/h6-8,10-11,14-15,17-18,21-24,32-34,38,43-50,52,68,79,81H,9,12-13,16,19-20,25-31H2,1-5H3,(H2,63,82)(H2,64,83)(H,69,80)(H,70,85)(H,71,84)(H,72,88)(H,73,89)(H,75,86)(H,76,87)(H3,65,66,67)(H2,74,77,91)/t34-,38?,43+,44+,45+,46+,47+,48-,49?,50+,52+/m1/s1. The van der Waals surface area contributed by atoms with Gasteiger partial charge in [-0.05, 0) is 92.2 Å². The van der Waals surface area contributed by atoms with Crippen LogP contribution in [0.25, 0.3) is 10.9 Å². The van der Waals surface area contributed by atoms with Gasteiger partial charge in [0.1, 0.15) is 54.1 Å². The van der Waals surface area contributed by atoms with E-state index in [1.54, 1.807) is 62.5 Å². The summed E-state index contributed by atoms with van der Waals surface area (Å²) in [7, 11) is 1.48. The molecule has 1 aliphatic heterocycles. The number of phenols is 1. The van der Waals surface area contributed by atoms with Crippen LogP contribution in [0.1, 0.15) is 102 Å². The van der Waals surface area contributed by atoms with Crippen LogP contribution in [-0.2, 0) is 67.2 Å². The number of guanidine groups is 1. The number of aromatic hydroxyl groups is 1. The third-order valence-corrected chi connectivity index (χ3v) is 16.0. The van der Waals surface area contributed by atoms with Crippen molar-refractivity contribution in [1.82, 2.24) is 63.3 Å². The minimum atomic E-state index is -1.85. The number of H-pyrrole nitrogens is 1. The maximum atomic E-state index is 14.6. The predicted molar refractivity (Wildman–Crippen MR) is 335 cm³/mol. The molecule has 1 saturated heterocycles. The Morgan fingerprint density at radius 3 is 1.95 bits per heavy atom. The second-order valence-corrected chi connectivity index (χ2v) is 23.5. The third-order valence-electron chi connectivity index (χ3n) is 16.0. The highest BCUT2D eigenvalue weighted by Crippen LogP contribution is 2.40. The zero-order chi connectivity index (χ0) is 66.5. The number of amides is 12. The van der Waals surface area contributed by atoms with Crippen molar-refractivity contribution in [3.63, 3.8) is 0 Å². The number of carbonyl (C=O) groups excluding carboxylic acids is 11.